The Morgan fingerprint density at radius 2 is 2.35 bits per heavy atom. The van der Waals surface area contributed by atoms with E-state index in [1.807, 2.05) is 6.92 Å². The highest BCUT2D eigenvalue weighted by atomic mass is 16.1. The predicted molar refractivity (Wildman–Crippen MR) is 68.8 cm³/mol. The lowest BCUT2D eigenvalue weighted by Gasteiger charge is -2.14. The Morgan fingerprint density at radius 3 is 2.94 bits per heavy atom. The van der Waals surface area contributed by atoms with E-state index in [1.165, 1.54) is 0 Å². The molecule has 0 aliphatic heterocycles. The molecule has 1 unspecified atom stereocenters. The average Bonchev–Trinajstić information content (AvgIpc) is 2.34. The third-order valence-corrected chi connectivity index (χ3v) is 2.86. The normalized spacial score (nSPS) is 12.2. The first kappa shape index (κ1) is 13.6. The van der Waals surface area contributed by atoms with Gasteiger partial charge in [-0.3, -0.25) is 9.78 Å². The number of aromatic nitrogens is 1. The zero-order valence-corrected chi connectivity index (χ0v) is 10.6. The third-order valence-electron chi connectivity index (χ3n) is 2.86. The second-order valence-corrected chi connectivity index (χ2v) is 4.25. The fourth-order valence-corrected chi connectivity index (χ4v) is 1.71. The molecule has 0 saturated heterocycles. The van der Waals surface area contributed by atoms with E-state index in [-0.39, 0.29) is 5.91 Å². The quantitative estimate of drug-likeness (QED) is 0.785. The van der Waals surface area contributed by atoms with Gasteiger partial charge in [0.05, 0.1) is 0 Å². The van der Waals surface area contributed by atoms with Gasteiger partial charge in [-0.2, -0.15) is 0 Å². The molecule has 1 aromatic heterocycles. The molecule has 4 heteroatoms. The first-order valence-corrected chi connectivity index (χ1v) is 6.08. The largest absolute Gasteiger partial charge is 0.352 e. The number of rotatable bonds is 6. The molecule has 1 heterocycles. The molecule has 0 bridgehead atoms. The lowest BCUT2D eigenvalue weighted by molar-refractivity contribution is 0.0946. The molecule has 0 radical (unpaired) electrons. The van der Waals surface area contributed by atoms with E-state index in [0.717, 1.165) is 18.5 Å². The van der Waals surface area contributed by atoms with E-state index >= 15 is 0 Å². The molecule has 0 aliphatic rings. The van der Waals surface area contributed by atoms with Gasteiger partial charge in [0, 0.05) is 24.0 Å². The van der Waals surface area contributed by atoms with E-state index in [1.54, 1.807) is 18.3 Å². The first-order valence-electron chi connectivity index (χ1n) is 6.08. The van der Waals surface area contributed by atoms with Crippen LogP contribution in [0.2, 0.25) is 0 Å². The molecular formula is C13H21N3O. The van der Waals surface area contributed by atoms with Crippen molar-refractivity contribution in [1.82, 2.24) is 10.3 Å². The van der Waals surface area contributed by atoms with Gasteiger partial charge in [0.2, 0.25) is 0 Å². The Balaban J connectivity index is 2.49. The molecule has 94 valence electrons. The van der Waals surface area contributed by atoms with E-state index in [9.17, 15) is 4.79 Å². The molecule has 4 nitrogen and oxygen atoms in total. The number of hydrogen-bond acceptors (Lipinski definition) is 3. The van der Waals surface area contributed by atoms with Crippen LogP contribution in [0.3, 0.4) is 0 Å². The average molecular weight is 235 g/mol. The van der Waals surface area contributed by atoms with Gasteiger partial charge in [-0.15, -0.1) is 0 Å². The number of amides is 1. The van der Waals surface area contributed by atoms with Gasteiger partial charge in [-0.25, -0.2) is 0 Å². The van der Waals surface area contributed by atoms with Crippen molar-refractivity contribution in [3.63, 3.8) is 0 Å². The minimum atomic E-state index is -0.0361. The summed E-state index contributed by atoms with van der Waals surface area (Å²) in [7, 11) is 0. The van der Waals surface area contributed by atoms with Crippen LogP contribution < -0.4 is 11.1 Å². The molecule has 0 saturated carbocycles. The number of carbonyl (C=O) groups excluding carboxylic acids is 1. The highest BCUT2D eigenvalue weighted by molar-refractivity contribution is 5.94. The topological polar surface area (TPSA) is 68.0 Å². The number of pyridine rings is 1. The van der Waals surface area contributed by atoms with Crippen LogP contribution in [0.4, 0.5) is 0 Å². The number of carbonyl (C=O) groups is 1. The van der Waals surface area contributed by atoms with Crippen LogP contribution in [-0.4, -0.2) is 24.0 Å². The minimum Gasteiger partial charge on any atom is -0.352 e. The molecule has 1 amide bonds. The van der Waals surface area contributed by atoms with Crippen LogP contribution in [0.15, 0.2) is 18.3 Å². The van der Waals surface area contributed by atoms with E-state index in [4.69, 9.17) is 5.73 Å². The summed E-state index contributed by atoms with van der Waals surface area (Å²) in [6.45, 7) is 5.35. The lowest BCUT2D eigenvalue weighted by atomic mass is 10.0. The van der Waals surface area contributed by atoms with E-state index < -0.39 is 0 Å². The summed E-state index contributed by atoms with van der Waals surface area (Å²) >= 11 is 0. The van der Waals surface area contributed by atoms with E-state index in [2.05, 4.69) is 17.2 Å². The maximum absolute atomic E-state index is 11.9. The summed E-state index contributed by atoms with van der Waals surface area (Å²) in [5.41, 5.74) is 7.04. The summed E-state index contributed by atoms with van der Waals surface area (Å²) in [5, 5.41) is 2.94. The number of nitrogens with one attached hydrogen (secondary N) is 1. The maximum atomic E-state index is 11.9. The summed E-state index contributed by atoms with van der Waals surface area (Å²) < 4.78 is 0. The first-order chi connectivity index (χ1) is 8.17. The van der Waals surface area contributed by atoms with Crippen molar-refractivity contribution in [1.29, 1.82) is 0 Å². The second kappa shape index (κ2) is 7.01. The predicted octanol–water partition coefficient (Wildman–Crippen LogP) is 1.49. The SMILES string of the molecule is CCC(CCN)CNC(=O)c1ccnc(C)c1. The molecule has 3 N–H and O–H groups in total. The molecule has 1 aromatic rings. The zero-order valence-electron chi connectivity index (χ0n) is 10.6. The maximum Gasteiger partial charge on any atom is 0.251 e. The molecule has 0 aromatic carbocycles. The molecule has 0 aliphatic carbocycles. The van der Waals surface area contributed by atoms with Crippen molar-refractivity contribution in [2.24, 2.45) is 11.7 Å². The van der Waals surface area contributed by atoms with Gasteiger partial charge in [0.1, 0.15) is 0 Å². The summed E-state index contributed by atoms with van der Waals surface area (Å²) in [5.74, 6) is 0.429. The van der Waals surface area contributed by atoms with Gasteiger partial charge in [-0.1, -0.05) is 13.3 Å². The number of nitrogens with two attached hydrogens (primary N) is 1. The third kappa shape index (κ3) is 4.53. The number of hydrogen-bond donors (Lipinski definition) is 2. The summed E-state index contributed by atoms with van der Waals surface area (Å²) in [4.78, 5) is 15.9. The van der Waals surface area contributed by atoms with Crippen LogP contribution in [0.1, 0.15) is 35.8 Å². The van der Waals surface area contributed by atoms with Crippen molar-refractivity contribution in [2.45, 2.75) is 26.7 Å². The van der Waals surface area contributed by atoms with Gasteiger partial charge in [-0.05, 0) is 37.9 Å². The van der Waals surface area contributed by atoms with Crippen LogP contribution in [-0.2, 0) is 0 Å². The molecule has 17 heavy (non-hydrogen) atoms. The summed E-state index contributed by atoms with van der Waals surface area (Å²) in [6, 6.07) is 3.52. The van der Waals surface area contributed by atoms with Crippen LogP contribution in [0.25, 0.3) is 0 Å². The lowest BCUT2D eigenvalue weighted by Crippen LogP contribution is -2.30. The van der Waals surface area contributed by atoms with Crippen LogP contribution >= 0.6 is 0 Å². The van der Waals surface area contributed by atoms with Crippen molar-refractivity contribution < 1.29 is 4.79 Å². The molecule has 0 fully saturated rings. The zero-order chi connectivity index (χ0) is 12.7. The Bertz CT molecular complexity index is 365. The standard InChI is InChI=1S/C13H21N3O/c1-3-11(4-6-14)9-16-13(17)12-5-7-15-10(2)8-12/h5,7-8,11H,3-4,6,9,14H2,1-2H3,(H,16,17). The van der Waals surface area contributed by atoms with Crippen molar-refractivity contribution in [3.05, 3.63) is 29.6 Å². The Morgan fingerprint density at radius 1 is 1.59 bits per heavy atom. The Labute approximate surface area is 103 Å². The smallest absolute Gasteiger partial charge is 0.251 e. The van der Waals surface area contributed by atoms with Crippen molar-refractivity contribution in [2.75, 3.05) is 13.1 Å². The van der Waals surface area contributed by atoms with Gasteiger partial charge in [0.15, 0.2) is 0 Å². The van der Waals surface area contributed by atoms with Crippen LogP contribution in [0.5, 0.6) is 0 Å². The van der Waals surface area contributed by atoms with Gasteiger partial charge >= 0.3 is 0 Å². The van der Waals surface area contributed by atoms with Gasteiger partial charge < -0.3 is 11.1 Å². The van der Waals surface area contributed by atoms with Gasteiger partial charge in [0.25, 0.3) is 5.91 Å². The van der Waals surface area contributed by atoms with Crippen LogP contribution in [0, 0.1) is 12.8 Å². The summed E-state index contributed by atoms with van der Waals surface area (Å²) in [6.07, 6.45) is 3.64. The second-order valence-electron chi connectivity index (χ2n) is 4.25. The fraction of sp³-hybridized carbons (Fsp3) is 0.538. The number of aryl methyl sites for hydroxylation is 1. The Hall–Kier alpha value is -1.42. The van der Waals surface area contributed by atoms with Crippen molar-refractivity contribution in [3.8, 4) is 0 Å². The number of nitrogens with zero attached hydrogens (tertiary/aromatic N) is 1. The molecule has 1 rings (SSSR count). The van der Waals surface area contributed by atoms with Crippen molar-refractivity contribution >= 4 is 5.91 Å². The minimum absolute atomic E-state index is 0.0361. The molecular weight excluding hydrogens is 214 g/mol. The fourth-order valence-electron chi connectivity index (χ4n) is 1.71. The molecule has 1 atom stereocenters. The Kier molecular flexibility index (Phi) is 5.63. The highest BCUT2D eigenvalue weighted by Gasteiger charge is 2.09. The monoisotopic (exact) mass is 235 g/mol. The van der Waals surface area contributed by atoms with E-state index in [0.29, 0.717) is 24.6 Å². The highest BCUT2D eigenvalue weighted by Crippen LogP contribution is 2.06. The molecule has 0 spiro atoms.